The molecule has 0 heterocycles. The van der Waals surface area contributed by atoms with Gasteiger partial charge in [0.25, 0.3) is 6.43 Å². The van der Waals surface area contributed by atoms with E-state index in [9.17, 15) is 22.0 Å². The van der Waals surface area contributed by atoms with E-state index in [0.717, 1.165) is 12.1 Å². The van der Waals surface area contributed by atoms with Crippen LogP contribution in [0.2, 0.25) is 0 Å². The third kappa shape index (κ3) is 5.05. The summed E-state index contributed by atoms with van der Waals surface area (Å²) in [6.07, 6.45) is -5.57. The highest BCUT2D eigenvalue weighted by Gasteiger charge is 2.29. The van der Waals surface area contributed by atoms with Gasteiger partial charge in [-0.1, -0.05) is 41.6 Å². The minimum atomic E-state index is -4.37. The Labute approximate surface area is 129 Å². The van der Waals surface area contributed by atoms with Gasteiger partial charge in [0.05, 0.1) is 11.8 Å². The lowest BCUT2D eigenvalue weighted by Crippen LogP contribution is -2.04. The Kier molecular flexibility index (Phi) is 5.31. The molecule has 2 rings (SSSR count). The minimum absolute atomic E-state index is 0.00372. The molecule has 0 bridgehead atoms. The van der Waals surface area contributed by atoms with Crippen LogP contribution in [0.4, 0.5) is 22.0 Å². The molecule has 0 N–H and O–H groups in total. The Hall–Kier alpha value is -2.44. The molecule has 0 aromatic heterocycles. The zero-order valence-electron chi connectivity index (χ0n) is 11.7. The second-order valence-corrected chi connectivity index (χ2v) is 4.67. The molecule has 7 heteroatoms. The highest BCUT2D eigenvalue weighted by Crippen LogP contribution is 2.29. The lowest BCUT2D eigenvalue weighted by Gasteiger charge is -2.07. The number of rotatable bonds is 5. The summed E-state index contributed by atoms with van der Waals surface area (Å²) in [6, 6.07) is 10.0. The van der Waals surface area contributed by atoms with E-state index in [1.54, 1.807) is 0 Å². The van der Waals surface area contributed by atoms with E-state index in [1.165, 1.54) is 42.6 Å². The van der Waals surface area contributed by atoms with Gasteiger partial charge in [0.2, 0.25) is 0 Å². The standard InChI is InChI=1S/C16H12F5NO/c17-15(18)13-5-1-11(2-6-13)9-22-23-10-12-3-7-14(8-4-12)16(19,20)21/h1-9,15H,10H2. The van der Waals surface area contributed by atoms with E-state index < -0.39 is 18.2 Å². The first-order valence-electron chi connectivity index (χ1n) is 6.56. The molecule has 122 valence electrons. The molecule has 2 nitrogen and oxygen atoms in total. The summed E-state index contributed by atoms with van der Waals surface area (Å²) >= 11 is 0. The van der Waals surface area contributed by atoms with Crippen molar-refractivity contribution in [2.75, 3.05) is 0 Å². The second-order valence-electron chi connectivity index (χ2n) is 4.67. The van der Waals surface area contributed by atoms with Crippen LogP contribution in [-0.2, 0) is 17.6 Å². The molecule has 0 saturated carbocycles. The van der Waals surface area contributed by atoms with Crippen LogP contribution >= 0.6 is 0 Å². The van der Waals surface area contributed by atoms with Crippen LogP contribution in [0.3, 0.4) is 0 Å². The summed E-state index contributed by atoms with van der Waals surface area (Å²) in [6.45, 7) is 0.00372. The number of hydrogen-bond donors (Lipinski definition) is 0. The zero-order valence-corrected chi connectivity index (χ0v) is 11.7. The van der Waals surface area contributed by atoms with Gasteiger partial charge in [0.15, 0.2) is 0 Å². The van der Waals surface area contributed by atoms with Crippen LogP contribution in [-0.4, -0.2) is 6.21 Å². The van der Waals surface area contributed by atoms with Crippen LogP contribution < -0.4 is 0 Å². The van der Waals surface area contributed by atoms with Gasteiger partial charge in [-0.25, -0.2) is 8.78 Å². The van der Waals surface area contributed by atoms with Gasteiger partial charge >= 0.3 is 6.18 Å². The summed E-state index contributed by atoms with van der Waals surface area (Å²) in [5.74, 6) is 0. The highest BCUT2D eigenvalue weighted by atomic mass is 19.4. The number of halogens is 5. The fraction of sp³-hybridized carbons (Fsp3) is 0.188. The van der Waals surface area contributed by atoms with Gasteiger partial charge in [0.1, 0.15) is 6.61 Å². The number of oxime groups is 1. The summed E-state index contributed by atoms with van der Waals surface area (Å²) in [4.78, 5) is 4.97. The molecule has 0 aliphatic heterocycles. The first-order valence-corrected chi connectivity index (χ1v) is 6.56. The maximum absolute atomic E-state index is 12.4. The highest BCUT2D eigenvalue weighted by molar-refractivity contribution is 5.79. The number of benzene rings is 2. The van der Waals surface area contributed by atoms with E-state index >= 15 is 0 Å². The molecule has 2 aromatic carbocycles. The Morgan fingerprint density at radius 3 is 2.09 bits per heavy atom. The maximum Gasteiger partial charge on any atom is 0.416 e. The van der Waals surface area contributed by atoms with E-state index in [4.69, 9.17) is 4.84 Å². The van der Waals surface area contributed by atoms with E-state index in [2.05, 4.69) is 5.16 Å². The molecule has 0 aliphatic carbocycles. The Morgan fingerprint density at radius 1 is 0.957 bits per heavy atom. The lowest BCUT2D eigenvalue weighted by atomic mass is 10.1. The monoisotopic (exact) mass is 329 g/mol. The molecule has 0 amide bonds. The number of hydrogen-bond acceptors (Lipinski definition) is 2. The van der Waals surface area contributed by atoms with Crippen LogP contribution in [0, 0.1) is 0 Å². The van der Waals surface area contributed by atoms with E-state index in [-0.39, 0.29) is 12.2 Å². The van der Waals surface area contributed by atoms with Crippen molar-refractivity contribution in [3.8, 4) is 0 Å². The predicted octanol–water partition coefficient (Wildman–Crippen LogP) is 5.19. The quantitative estimate of drug-likeness (QED) is 0.420. The van der Waals surface area contributed by atoms with Gasteiger partial charge < -0.3 is 4.84 Å². The molecule has 0 radical (unpaired) electrons. The summed E-state index contributed by atoms with van der Waals surface area (Å²) < 4.78 is 61.9. The van der Waals surface area contributed by atoms with Crippen molar-refractivity contribution >= 4 is 6.21 Å². The van der Waals surface area contributed by atoms with Crippen molar-refractivity contribution in [2.45, 2.75) is 19.2 Å². The van der Waals surface area contributed by atoms with Gasteiger partial charge in [-0.2, -0.15) is 13.2 Å². The summed E-state index contributed by atoms with van der Waals surface area (Å²) in [5, 5.41) is 3.65. The zero-order chi connectivity index (χ0) is 16.9. The van der Waals surface area contributed by atoms with Crippen LogP contribution in [0.1, 0.15) is 28.7 Å². The Morgan fingerprint density at radius 2 is 1.57 bits per heavy atom. The molecule has 0 fully saturated rings. The number of alkyl halides is 5. The minimum Gasteiger partial charge on any atom is -0.391 e. The SMILES string of the molecule is FC(F)c1ccc(C=NOCc2ccc(C(F)(F)F)cc2)cc1. The molecule has 2 aromatic rings. The maximum atomic E-state index is 12.4. The topological polar surface area (TPSA) is 21.6 Å². The molecule has 0 aliphatic rings. The molecule has 23 heavy (non-hydrogen) atoms. The van der Waals surface area contributed by atoms with Gasteiger partial charge in [-0.05, 0) is 23.3 Å². The van der Waals surface area contributed by atoms with Crippen LogP contribution in [0.15, 0.2) is 53.7 Å². The molecule has 0 saturated heterocycles. The van der Waals surface area contributed by atoms with Crippen molar-refractivity contribution in [3.63, 3.8) is 0 Å². The van der Waals surface area contributed by atoms with Gasteiger partial charge in [0, 0.05) is 5.56 Å². The van der Waals surface area contributed by atoms with E-state index in [0.29, 0.717) is 11.1 Å². The van der Waals surface area contributed by atoms with Gasteiger partial charge in [-0.15, -0.1) is 0 Å². The molecule has 0 atom stereocenters. The third-order valence-corrected chi connectivity index (χ3v) is 2.98. The van der Waals surface area contributed by atoms with Crippen molar-refractivity contribution in [1.29, 1.82) is 0 Å². The van der Waals surface area contributed by atoms with Crippen LogP contribution in [0.25, 0.3) is 0 Å². The summed E-state index contributed by atoms with van der Waals surface area (Å²) in [5.41, 5.74) is 0.279. The smallest absolute Gasteiger partial charge is 0.391 e. The van der Waals surface area contributed by atoms with Crippen molar-refractivity contribution in [2.24, 2.45) is 5.16 Å². The van der Waals surface area contributed by atoms with Crippen molar-refractivity contribution in [1.82, 2.24) is 0 Å². The largest absolute Gasteiger partial charge is 0.416 e. The normalized spacial score (nSPS) is 12.1. The third-order valence-electron chi connectivity index (χ3n) is 2.98. The summed E-state index contributed by atoms with van der Waals surface area (Å²) in [7, 11) is 0. The lowest BCUT2D eigenvalue weighted by molar-refractivity contribution is -0.137. The Balaban J connectivity index is 1.86. The molecule has 0 unspecified atom stereocenters. The number of nitrogens with zero attached hydrogens (tertiary/aromatic N) is 1. The predicted molar refractivity (Wildman–Crippen MR) is 75.2 cm³/mol. The first kappa shape index (κ1) is 16.9. The Bertz CT molecular complexity index is 648. The average molecular weight is 329 g/mol. The fourth-order valence-electron chi connectivity index (χ4n) is 1.73. The average Bonchev–Trinajstić information content (AvgIpc) is 2.51. The van der Waals surface area contributed by atoms with Gasteiger partial charge in [-0.3, -0.25) is 0 Å². The molecular weight excluding hydrogens is 317 g/mol. The van der Waals surface area contributed by atoms with Crippen LogP contribution in [0.5, 0.6) is 0 Å². The molecular formula is C16H12F5NO. The van der Waals surface area contributed by atoms with E-state index in [1.807, 2.05) is 0 Å². The van der Waals surface area contributed by atoms with Crippen molar-refractivity contribution < 1.29 is 26.8 Å². The fourth-order valence-corrected chi connectivity index (χ4v) is 1.73. The molecule has 0 spiro atoms. The van der Waals surface area contributed by atoms with Crippen molar-refractivity contribution in [3.05, 3.63) is 70.8 Å². The first-order chi connectivity index (χ1) is 10.9. The second kappa shape index (κ2) is 7.21.